The van der Waals surface area contributed by atoms with Gasteiger partial charge in [-0.2, -0.15) is 5.10 Å². The number of hydrazone groups is 1. The summed E-state index contributed by atoms with van der Waals surface area (Å²) in [6.07, 6.45) is 1.63. The number of carbonyl (C=O) groups is 1. The first-order valence-corrected chi connectivity index (χ1v) is 9.09. The standard InChI is InChI=1S/C21H25N3O3/c1-17-3-2-4-19(13-17)16-27-20-7-5-18(6-8-20)14-22-23-21(25)15-24-9-11-26-12-10-24/h2-8,13-14H,9-12,15-16H2,1H3,(H,23,25)/b22-14+. The summed E-state index contributed by atoms with van der Waals surface area (Å²) in [4.78, 5) is 13.9. The Morgan fingerprint density at radius 1 is 1.22 bits per heavy atom. The molecule has 1 amide bonds. The topological polar surface area (TPSA) is 63.2 Å². The molecular formula is C21H25N3O3. The van der Waals surface area contributed by atoms with E-state index >= 15 is 0 Å². The minimum absolute atomic E-state index is 0.119. The normalized spacial score (nSPS) is 15.0. The lowest BCUT2D eigenvalue weighted by Crippen LogP contribution is -2.42. The molecule has 0 aromatic heterocycles. The molecule has 6 nitrogen and oxygen atoms in total. The largest absolute Gasteiger partial charge is 0.489 e. The number of nitrogens with zero attached hydrogens (tertiary/aromatic N) is 2. The van der Waals surface area contributed by atoms with Gasteiger partial charge in [0.15, 0.2) is 0 Å². The van der Waals surface area contributed by atoms with Crippen LogP contribution in [0, 0.1) is 6.92 Å². The highest BCUT2D eigenvalue weighted by atomic mass is 16.5. The molecule has 0 bridgehead atoms. The third kappa shape index (κ3) is 6.51. The van der Waals surface area contributed by atoms with Crippen LogP contribution in [0.15, 0.2) is 53.6 Å². The number of morpholine rings is 1. The summed E-state index contributed by atoms with van der Waals surface area (Å²) in [7, 11) is 0. The van der Waals surface area contributed by atoms with E-state index in [0.717, 1.165) is 30.0 Å². The SMILES string of the molecule is Cc1cccc(COc2ccc(/C=N/NC(=O)CN3CCOCC3)cc2)c1. The first-order valence-electron chi connectivity index (χ1n) is 9.09. The molecule has 2 aromatic carbocycles. The van der Waals surface area contributed by atoms with Crippen molar-refractivity contribution in [2.45, 2.75) is 13.5 Å². The lowest BCUT2D eigenvalue weighted by atomic mass is 10.1. The number of ether oxygens (including phenoxy) is 2. The first kappa shape index (κ1) is 19.1. The number of carbonyl (C=O) groups excluding carboxylic acids is 1. The van der Waals surface area contributed by atoms with E-state index in [0.29, 0.717) is 26.4 Å². The summed E-state index contributed by atoms with van der Waals surface area (Å²) in [5, 5.41) is 4.02. The number of hydrogen-bond donors (Lipinski definition) is 1. The van der Waals surface area contributed by atoms with Crippen molar-refractivity contribution in [1.82, 2.24) is 10.3 Å². The van der Waals surface area contributed by atoms with Crippen LogP contribution in [-0.2, 0) is 16.1 Å². The van der Waals surface area contributed by atoms with Crippen molar-refractivity contribution in [2.24, 2.45) is 5.10 Å². The van der Waals surface area contributed by atoms with Crippen molar-refractivity contribution in [2.75, 3.05) is 32.8 Å². The average molecular weight is 367 g/mol. The van der Waals surface area contributed by atoms with E-state index in [2.05, 4.69) is 34.5 Å². The second-order valence-corrected chi connectivity index (χ2v) is 6.53. The van der Waals surface area contributed by atoms with Crippen molar-refractivity contribution < 1.29 is 14.3 Å². The highest BCUT2D eigenvalue weighted by Gasteiger charge is 2.13. The van der Waals surface area contributed by atoms with Crippen LogP contribution in [0.1, 0.15) is 16.7 Å². The number of hydrogen-bond acceptors (Lipinski definition) is 5. The monoisotopic (exact) mass is 367 g/mol. The average Bonchev–Trinajstić information content (AvgIpc) is 2.68. The van der Waals surface area contributed by atoms with Crippen molar-refractivity contribution in [3.63, 3.8) is 0 Å². The molecule has 1 saturated heterocycles. The Labute approximate surface area is 159 Å². The molecule has 1 aliphatic heterocycles. The van der Waals surface area contributed by atoms with Gasteiger partial charge in [-0.05, 0) is 42.3 Å². The van der Waals surface area contributed by atoms with E-state index < -0.39 is 0 Å². The van der Waals surface area contributed by atoms with Gasteiger partial charge in [0, 0.05) is 13.1 Å². The maximum Gasteiger partial charge on any atom is 0.254 e. The third-order valence-corrected chi connectivity index (χ3v) is 4.24. The molecule has 6 heteroatoms. The second kappa shape index (κ2) is 9.85. The van der Waals surface area contributed by atoms with Crippen molar-refractivity contribution in [1.29, 1.82) is 0 Å². The van der Waals surface area contributed by atoms with Crippen LogP contribution in [0.25, 0.3) is 0 Å². The fourth-order valence-electron chi connectivity index (χ4n) is 2.80. The fraction of sp³-hybridized carbons (Fsp3) is 0.333. The maximum atomic E-state index is 11.9. The lowest BCUT2D eigenvalue weighted by molar-refractivity contribution is -0.123. The quantitative estimate of drug-likeness (QED) is 0.603. The van der Waals surface area contributed by atoms with Gasteiger partial charge >= 0.3 is 0 Å². The summed E-state index contributed by atoms with van der Waals surface area (Å²) in [5.74, 6) is 0.677. The van der Waals surface area contributed by atoms with Crippen molar-refractivity contribution >= 4 is 12.1 Å². The molecule has 1 aliphatic rings. The summed E-state index contributed by atoms with van der Waals surface area (Å²) in [6.45, 7) is 5.85. The van der Waals surface area contributed by atoms with Gasteiger partial charge in [0.05, 0.1) is 26.0 Å². The molecule has 1 N–H and O–H groups in total. The zero-order chi connectivity index (χ0) is 18.9. The van der Waals surface area contributed by atoms with E-state index in [4.69, 9.17) is 9.47 Å². The molecule has 142 valence electrons. The van der Waals surface area contributed by atoms with Crippen LogP contribution in [0.4, 0.5) is 0 Å². The van der Waals surface area contributed by atoms with Crippen LogP contribution in [0.2, 0.25) is 0 Å². The predicted molar refractivity (Wildman–Crippen MR) is 105 cm³/mol. The molecule has 0 saturated carbocycles. The minimum atomic E-state index is -0.119. The maximum absolute atomic E-state index is 11.9. The van der Waals surface area contributed by atoms with Gasteiger partial charge < -0.3 is 9.47 Å². The van der Waals surface area contributed by atoms with Gasteiger partial charge in [0.2, 0.25) is 0 Å². The Bertz CT molecular complexity index is 768. The molecule has 27 heavy (non-hydrogen) atoms. The zero-order valence-corrected chi connectivity index (χ0v) is 15.6. The van der Waals surface area contributed by atoms with Crippen LogP contribution < -0.4 is 10.2 Å². The molecule has 0 radical (unpaired) electrons. The lowest BCUT2D eigenvalue weighted by Gasteiger charge is -2.25. The van der Waals surface area contributed by atoms with Gasteiger partial charge in [-0.25, -0.2) is 5.43 Å². The van der Waals surface area contributed by atoms with Gasteiger partial charge in [-0.15, -0.1) is 0 Å². The molecule has 2 aromatic rings. The first-order chi connectivity index (χ1) is 13.2. The van der Waals surface area contributed by atoms with Crippen LogP contribution in [0.5, 0.6) is 5.75 Å². The predicted octanol–water partition coefficient (Wildman–Crippen LogP) is 2.36. The van der Waals surface area contributed by atoms with E-state index in [1.165, 1.54) is 5.56 Å². The van der Waals surface area contributed by atoms with E-state index in [9.17, 15) is 4.79 Å². The van der Waals surface area contributed by atoms with Crippen molar-refractivity contribution in [3.8, 4) is 5.75 Å². The number of amides is 1. The highest BCUT2D eigenvalue weighted by molar-refractivity contribution is 5.83. The number of rotatable bonds is 7. The molecule has 1 fully saturated rings. The van der Waals surface area contributed by atoms with Gasteiger partial charge in [-0.3, -0.25) is 9.69 Å². The molecule has 0 atom stereocenters. The summed E-state index contributed by atoms with van der Waals surface area (Å²) in [6, 6.07) is 15.9. The molecule has 0 unspecified atom stereocenters. The zero-order valence-electron chi connectivity index (χ0n) is 15.6. The smallest absolute Gasteiger partial charge is 0.254 e. The van der Waals surface area contributed by atoms with E-state index in [1.54, 1.807) is 6.21 Å². The Hall–Kier alpha value is -2.70. The summed E-state index contributed by atoms with van der Waals surface area (Å²) >= 11 is 0. The Morgan fingerprint density at radius 2 is 2.00 bits per heavy atom. The summed E-state index contributed by atoms with van der Waals surface area (Å²) in [5.41, 5.74) is 5.82. The number of aryl methyl sites for hydroxylation is 1. The Balaban J connectivity index is 1.42. The van der Waals surface area contributed by atoms with Gasteiger partial charge in [0.1, 0.15) is 12.4 Å². The van der Waals surface area contributed by atoms with Crippen LogP contribution >= 0.6 is 0 Å². The molecule has 0 spiro atoms. The number of benzene rings is 2. The van der Waals surface area contributed by atoms with E-state index in [1.807, 2.05) is 36.4 Å². The third-order valence-electron chi connectivity index (χ3n) is 4.24. The summed E-state index contributed by atoms with van der Waals surface area (Å²) < 4.78 is 11.1. The Kier molecular flexibility index (Phi) is 6.96. The van der Waals surface area contributed by atoms with Gasteiger partial charge in [0.25, 0.3) is 5.91 Å². The molecule has 1 heterocycles. The highest BCUT2D eigenvalue weighted by Crippen LogP contribution is 2.14. The van der Waals surface area contributed by atoms with Crippen LogP contribution in [0.3, 0.4) is 0 Å². The van der Waals surface area contributed by atoms with Crippen LogP contribution in [-0.4, -0.2) is 49.9 Å². The molecule has 0 aliphatic carbocycles. The minimum Gasteiger partial charge on any atom is -0.489 e. The van der Waals surface area contributed by atoms with E-state index in [-0.39, 0.29) is 5.91 Å². The Morgan fingerprint density at radius 3 is 2.74 bits per heavy atom. The fourth-order valence-corrected chi connectivity index (χ4v) is 2.80. The number of nitrogens with one attached hydrogen (secondary N) is 1. The molecular weight excluding hydrogens is 342 g/mol. The molecule has 3 rings (SSSR count). The van der Waals surface area contributed by atoms with Gasteiger partial charge in [-0.1, -0.05) is 29.8 Å². The van der Waals surface area contributed by atoms with Crippen molar-refractivity contribution in [3.05, 3.63) is 65.2 Å². The second-order valence-electron chi connectivity index (χ2n) is 6.53.